The third kappa shape index (κ3) is 4.88. The molecule has 1 saturated carbocycles. The highest BCUT2D eigenvalue weighted by Crippen LogP contribution is 2.28. The lowest BCUT2D eigenvalue weighted by molar-refractivity contribution is -0.142. The van der Waals surface area contributed by atoms with E-state index in [1.807, 2.05) is 0 Å². The van der Waals surface area contributed by atoms with Crippen molar-refractivity contribution in [3.63, 3.8) is 0 Å². The number of esters is 1. The first kappa shape index (κ1) is 15.5. The lowest BCUT2D eigenvalue weighted by Crippen LogP contribution is -2.14. The zero-order chi connectivity index (χ0) is 15.1. The second-order valence-electron chi connectivity index (χ2n) is 5.50. The number of ketones is 1. The quantitative estimate of drug-likeness (QED) is 0.570. The van der Waals surface area contributed by atoms with Crippen molar-refractivity contribution in [2.24, 2.45) is 5.92 Å². The molecule has 1 fully saturated rings. The molecular weight excluding hydrogens is 268 g/mol. The maximum absolute atomic E-state index is 11.9. The molecule has 0 bridgehead atoms. The van der Waals surface area contributed by atoms with Crippen LogP contribution in [0.5, 0.6) is 5.75 Å². The fraction of sp³-hybridized carbons (Fsp3) is 0.529. The standard InChI is InChI=1S/C17H22O4/c1-20-15-9-7-14(8-10-15)16(18)12-21-17(19)11-6-13-4-2-3-5-13/h7-10,13H,2-6,11-12H2,1H3. The minimum absolute atomic E-state index is 0.185. The van der Waals surface area contributed by atoms with E-state index < -0.39 is 0 Å². The second-order valence-corrected chi connectivity index (χ2v) is 5.50. The first-order valence-corrected chi connectivity index (χ1v) is 7.52. The number of Topliss-reactive ketones (excluding diaryl/α,β-unsaturated/α-hetero) is 1. The molecule has 114 valence electrons. The van der Waals surface area contributed by atoms with Gasteiger partial charge in [0.15, 0.2) is 12.4 Å². The minimum Gasteiger partial charge on any atom is -0.497 e. The van der Waals surface area contributed by atoms with Crippen molar-refractivity contribution >= 4 is 11.8 Å². The van der Waals surface area contributed by atoms with Crippen molar-refractivity contribution < 1.29 is 19.1 Å². The van der Waals surface area contributed by atoms with Crippen molar-refractivity contribution in [2.45, 2.75) is 38.5 Å². The number of methoxy groups -OCH3 is 1. The van der Waals surface area contributed by atoms with Gasteiger partial charge in [0.1, 0.15) is 5.75 Å². The van der Waals surface area contributed by atoms with Crippen LogP contribution in [0.3, 0.4) is 0 Å². The highest BCUT2D eigenvalue weighted by Gasteiger charge is 2.17. The first-order valence-electron chi connectivity index (χ1n) is 7.52. The number of hydrogen-bond donors (Lipinski definition) is 0. The lowest BCUT2D eigenvalue weighted by Gasteiger charge is -2.08. The van der Waals surface area contributed by atoms with Gasteiger partial charge >= 0.3 is 5.97 Å². The van der Waals surface area contributed by atoms with E-state index in [9.17, 15) is 9.59 Å². The van der Waals surface area contributed by atoms with E-state index >= 15 is 0 Å². The number of rotatable bonds is 7. The van der Waals surface area contributed by atoms with Crippen molar-refractivity contribution in [3.05, 3.63) is 29.8 Å². The summed E-state index contributed by atoms with van der Waals surface area (Å²) in [6.07, 6.45) is 6.29. The van der Waals surface area contributed by atoms with Crippen molar-refractivity contribution in [2.75, 3.05) is 13.7 Å². The smallest absolute Gasteiger partial charge is 0.306 e. The Balaban J connectivity index is 1.70. The normalized spacial score (nSPS) is 14.9. The molecule has 1 aromatic carbocycles. The Morgan fingerprint density at radius 3 is 2.43 bits per heavy atom. The van der Waals surface area contributed by atoms with Crippen LogP contribution >= 0.6 is 0 Å². The van der Waals surface area contributed by atoms with Gasteiger partial charge in [0.2, 0.25) is 0 Å². The predicted molar refractivity (Wildman–Crippen MR) is 79.5 cm³/mol. The van der Waals surface area contributed by atoms with Crippen molar-refractivity contribution in [3.8, 4) is 5.75 Å². The Labute approximate surface area is 125 Å². The first-order chi connectivity index (χ1) is 10.2. The molecule has 0 unspecified atom stereocenters. The van der Waals surface area contributed by atoms with E-state index in [4.69, 9.17) is 9.47 Å². The molecule has 1 aliphatic rings. The summed E-state index contributed by atoms with van der Waals surface area (Å²) in [5.41, 5.74) is 0.527. The molecule has 0 spiro atoms. The number of carbonyl (C=O) groups is 2. The number of carbonyl (C=O) groups excluding carboxylic acids is 2. The topological polar surface area (TPSA) is 52.6 Å². The van der Waals surface area contributed by atoms with Crippen LogP contribution in [0.15, 0.2) is 24.3 Å². The summed E-state index contributed by atoms with van der Waals surface area (Å²) in [5.74, 6) is 0.894. The zero-order valence-corrected chi connectivity index (χ0v) is 12.5. The van der Waals surface area contributed by atoms with Crippen LogP contribution in [0, 0.1) is 5.92 Å². The highest BCUT2D eigenvalue weighted by atomic mass is 16.5. The maximum atomic E-state index is 11.9. The fourth-order valence-corrected chi connectivity index (χ4v) is 2.70. The molecule has 0 N–H and O–H groups in total. The van der Waals surface area contributed by atoms with Crippen LogP contribution < -0.4 is 4.74 Å². The maximum Gasteiger partial charge on any atom is 0.306 e. The van der Waals surface area contributed by atoms with E-state index in [0.29, 0.717) is 23.7 Å². The van der Waals surface area contributed by atoms with Crippen LogP contribution in [0.2, 0.25) is 0 Å². The molecule has 0 saturated heterocycles. The molecule has 4 heteroatoms. The monoisotopic (exact) mass is 290 g/mol. The van der Waals surface area contributed by atoms with Gasteiger partial charge in [0.25, 0.3) is 0 Å². The van der Waals surface area contributed by atoms with Crippen molar-refractivity contribution in [1.29, 1.82) is 0 Å². The predicted octanol–water partition coefficient (Wildman–Crippen LogP) is 3.39. The molecule has 0 heterocycles. The summed E-state index contributed by atoms with van der Waals surface area (Å²) >= 11 is 0. The van der Waals surface area contributed by atoms with Gasteiger partial charge in [0.05, 0.1) is 7.11 Å². The average molecular weight is 290 g/mol. The fourth-order valence-electron chi connectivity index (χ4n) is 2.70. The Hall–Kier alpha value is -1.84. The number of hydrogen-bond acceptors (Lipinski definition) is 4. The van der Waals surface area contributed by atoms with E-state index in [1.54, 1.807) is 31.4 Å². The summed E-state index contributed by atoms with van der Waals surface area (Å²) in [6.45, 7) is -0.185. The third-order valence-electron chi connectivity index (χ3n) is 4.01. The van der Waals surface area contributed by atoms with Gasteiger partial charge < -0.3 is 9.47 Å². The van der Waals surface area contributed by atoms with E-state index in [2.05, 4.69) is 0 Å². The molecule has 0 amide bonds. The Morgan fingerprint density at radius 1 is 1.14 bits per heavy atom. The molecule has 4 nitrogen and oxygen atoms in total. The van der Waals surface area contributed by atoms with Gasteiger partial charge in [-0.15, -0.1) is 0 Å². The van der Waals surface area contributed by atoms with Crippen LogP contribution in [0.4, 0.5) is 0 Å². The van der Waals surface area contributed by atoms with Crippen LogP contribution in [-0.4, -0.2) is 25.5 Å². The summed E-state index contributed by atoms with van der Waals surface area (Å²) in [4.78, 5) is 23.5. The van der Waals surface area contributed by atoms with Crippen LogP contribution in [0.1, 0.15) is 48.9 Å². The summed E-state index contributed by atoms with van der Waals surface area (Å²) in [5, 5.41) is 0. The summed E-state index contributed by atoms with van der Waals surface area (Å²) in [6, 6.07) is 6.78. The SMILES string of the molecule is COc1ccc(C(=O)COC(=O)CCC2CCCC2)cc1. The minimum atomic E-state index is -0.274. The van der Waals surface area contributed by atoms with Crippen LogP contribution in [0.25, 0.3) is 0 Å². The summed E-state index contributed by atoms with van der Waals surface area (Å²) in [7, 11) is 1.57. The highest BCUT2D eigenvalue weighted by molar-refractivity contribution is 5.98. The van der Waals surface area contributed by atoms with Crippen LogP contribution in [-0.2, 0) is 9.53 Å². The molecule has 2 rings (SSSR count). The zero-order valence-electron chi connectivity index (χ0n) is 12.5. The molecule has 0 aromatic heterocycles. The average Bonchev–Trinajstić information content (AvgIpc) is 3.04. The molecule has 0 radical (unpaired) electrons. The lowest BCUT2D eigenvalue weighted by atomic mass is 10.0. The third-order valence-corrected chi connectivity index (χ3v) is 4.01. The molecule has 1 aromatic rings. The Kier molecular flexibility index (Phi) is 5.78. The largest absolute Gasteiger partial charge is 0.497 e. The van der Waals surface area contributed by atoms with Crippen molar-refractivity contribution in [1.82, 2.24) is 0 Å². The summed E-state index contributed by atoms with van der Waals surface area (Å²) < 4.78 is 10.1. The van der Waals surface area contributed by atoms with Gasteiger partial charge in [-0.1, -0.05) is 25.7 Å². The van der Waals surface area contributed by atoms with Gasteiger partial charge in [0, 0.05) is 12.0 Å². The van der Waals surface area contributed by atoms with Gasteiger partial charge in [-0.3, -0.25) is 9.59 Å². The van der Waals surface area contributed by atoms with Gasteiger partial charge in [-0.05, 0) is 36.6 Å². The Bertz CT molecular complexity index is 472. The van der Waals surface area contributed by atoms with E-state index in [-0.39, 0.29) is 18.4 Å². The van der Waals surface area contributed by atoms with E-state index in [1.165, 1.54) is 25.7 Å². The molecule has 0 atom stereocenters. The molecule has 21 heavy (non-hydrogen) atoms. The molecular formula is C17H22O4. The second kappa shape index (κ2) is 7.81. The number of ether oxygens (including phenoxy) is 2. The van der Waals surface area contributed by atoms with Gasteiger partial charge in [-0.25, -0.2) is 0 Å². The van der Waals surface area contributed by atoms with E-state index in [0.717, 1.165) is 6.42 Å². The number of benzene rings is 1. The van der Waals surface area contributed by atoms with Gasteiger partial charge in [-0.2, -0.15) is 0 Å². The molecule has 0 aliphatic heterocycles. The Morgan fingerprint density at radius 2 is 1.81 bits per heavy atom. The molecule has 1 aliphatic carbocycles.